The van der Waals surface area contributed by atoms with Gasteiger partial charge in [-0.1, -0.05) is 19.1 Å². The summed E-state index contributed by atoms with van der Waals surface area (Å²) in [7, 11) is 1.59. The van der Waals surface area contributed by atoms with Crippen LogP contribution in [0.3, 0.4) is 0 Å². The van der Waals surface area contributed by atoms with Gasteiger partial charge in [-0.3, -0.25) is 9.36 Å². The van der Waals surface area contributed by atoms with E-state index >= 15 is 0 Å². The fourth-order valence-corrected chi connectivity index (χ4v) is 3.55. The minimum Gasteiger partial charge on any atom is -0.497 e. The number of carbonyl (C=O) groups is 1. The zero-order chi connectivity index (χ0) is 17.3. The fourth-order valence-electron chi connectivity index (χ4n) is 2.64. The lowest BCUT2D eigenvalue weighted by Gasteiger charge is -2.13. The van der Waals surface area contributed by atoms with Crippen molar-refractivity contribution >= 4 is 27.5 Å². The maximum Gasteiger partial charge on any atom is 0.326 e. The van der Waals surface area contributed by atoms with E-state index in [4.69, 9.17) is 4.74 Å². The van der Waals surface area contributed by atoms with E-state index in [0.29, 0.717) is 16.6 Å². The molecule has 0 radical (unpaired) electrons. The van der Waals surface area contributed by atoms with E-state index in [-0.39, 0.29) is 5.56 Å². The molecule has 0 fully saturated rings. The predicted octanol–water partition coefficient (Wildman–Crippen LogP) is 3.17. The van der Waals surface area contributed by atoms with Crippen LogP contribution in [0.1, 0.15) is 19.4 Å². The first-order chi connectivity index (χ1) is 11.6. The Labute approximate surface area is 142 Å². The van der Waals surface area contributed by atoms with Gasteiger partial charge in [0, 0.05) is 10.9 Å². The number of hydrogen-bond donors (Lipinski definition) is 1. The molecule has 2 heterocycles. The van der Waals surface area contributed by atoms with Crippen LogP contribution in [0.2, 0.25) is 0 Å². The molecule has 6 nitrogen and oxygen atoms in total. The van der Waals surface area contributed by atoms with Crippen LogP contribution in [-0.4, -0.2) is 27.7 Å². The Morgan fingerprint density at radius 3 is 2.67 bits per heavy atom. The Bertz CT molecular complexity index is 943. The van der Waals surface area contributed by atoms with Gasteiger partial charge in [0.05, 0.1) is 18.8 Å². The lowest BCUT2D eigenvalue weighted by molar-refractivity contribution is -0.141. The number of ether oxygens (including phenoxy) is 1. The van der Waals surface area contributed by atoms with E-state index in [1.807, 2.05) is 29.6 Å². The van der Waals surface area contributed by atoms with Crippen molar-refractivity contribution in [1.29, 1.82) is 0 Å². The highest BCUT2D eigenvalue weighted by atomic mass is 32.1. The lowest BCUT2D eigenvalue weighted by Crippen LogP contribution is -2.29. The normalized spacial score (nSPS) is 12.2. The molecule has 1 aromatic carbocycles. The van der Waals surface area contributed by atoms with Crippen LogP contribution in [0.25, 0.3) is 21.3 Å². The molecule has 1 N–H and O–H groups in total. The summed E-state index contributed by atoms with van der Waals surface area (Å²) < 4.78 is 6.35. The van der Waals surface area contributed by atoms with Crippen molar-refractivity contribution in [3.8, 4) is 16.9 Å². The first-order valence-electron chi connectivity index (χ1n) is 7.42. The van der Waals surface area contributed by atoms with Crippen molar-refractivity contribution in [1.82, 2.24) is 9.55 Å². The Balaban J connectivity index is 2.20. The number of nitrogens with zero attached hydrogens (tertiary/aromatic N) is 2. The summed E-state index contributed by atoms with van der Waals surface area (Å²) >= 11 is 1.37. The summed E-state index contributed by atoms with van der Waals surface area (Å²) in [4.78, 5) is 29.1. The lowest BCUT2D eigenvalue weighted by atomic mass is 10.1. The first kappa shape index (κ1) is 16.2. The van der Waals surface area contributed by atoms with Crippen LogP contribution in [0.5, 0.6) is 5.75 Å². The highest BCUT2D eigenvalue weighted by molar-refractivity contribution is 7.17. The highest BCUT2D eigenvalue weighted by Crippen LogP contribution is 2.31. The monoisotopic (exact) mass is 344 g/mol. The van der Waals surface area contributed by atoms with Crippen LogP contribution < -0.4 is 10.3 Å². The zero-order valence-electron chi connectivity index (χ0n) is 13.2. The summed E-state index contributed by atoms with van der Waals surface area (Å²) in [6, 6.07) is 6.45. The summed E-state index contributed by atoms with van der Waals surface area (Å²) in [5, 5.41) is 11.6. The van der Waals surface area contributed by atoms with E-state index in [2.05, 4.69) is 4.98 Å². The van der Waals surface area contributed by atoms with Crippen molar-refractivity contribution in [3.05, 3.63) is 46.3 Å². The van der Waals surface area contributed by atoms with Crippen LogP contribution in [-0.2, 0) is 4.79 Å². The van der Waals surface area contributed by atoms with Crippen molar-refractivity contribution in [2.45, 2.75) is 19.4 Å². The summed E-state index contributed by atoms with van der Waals surface area (Å²) in [5.74, 6) is -0.312. The molecule has 0 bridgehead atoms. The van der Waals surface area contributed by atoms with Gasteiger partial charge < -0.3 is 9.84 Å². The predicted molar refractivity (Wildman–Crippen MR) is 92.8 cm³/mol. The minimum absolute atomic E-state index is 0.310. The zero-order valence-corrected chi connectivity index (χ0v) is 14.0. The minimum atomic E-state index is -1.04. The average molecular weight is 344 g/mol. The Morgan fingerprint density at radius 1 is 1.38 bits per heavy atom. The standard InChI is InChI=1S/C17H16N2O4S/c1-3-13(17(21)22)19-9-18-15-14(16(19)20)12(8-24-15)10-4-6-11(23-2)7-5-10/h4-9,13H,3H2,1-2H3,(H,21,22). The van der Waals surface area contributed by atoms with E-state index in [1.165, 1.54) is 22.2 Å². The molecule has 0 amide bonds. The molecular weight excluding hydrogens is 328 g/mol. The number of rotatable bonds is 5. The summed E-state index contributed by atoms with van der Waals surface area (Å²) in [5.41, 5.74) is 1.29. The number of carboxylic acids is 1. The van der Waals surface area contributed by atoms with Gasteiger partial charge in [-0.15, -0.1) is 11.3 Å². The van der Waals surface area contributed by atoms with Crippen LogP contribution in [0, 0.1) is 0 Å². The third-order valence-electron chi connectivity index (χ3n) is 3.93. The number of aliphatic carboxylic acids is 1. The quantitative estimate of drug-likeness (QED) is 0.769. The van der Waals surface area contributed by atoms with Gasteiger partial charge in [0.25, 0.3) is 5.56 Å². The molecule has 24 heavy (non-hydrogen) atoms. The maximum atomic E-state index is 12.9. The van der Waals surface area contributed by atoms with Crippen LogP contribution >= 0.6 is 11.3 Å². The number of thiophene rings is 1. The van der Waals surface area contributed by atoms with Crippen LogP contribution in [0.15, 0.2) is 40.8 Å². The number of aromatic nitrogens is 2. The number of fused-ring (bicyclic) bond motifs is 1. The Hall–Kier alpha value is -2.67. The average Bonchev–Trinajstić information content (AvgIpc) is 3.02. The second-order valence-corrected chi connectivity index (χ2v) is 6.14. The molecule has 3 aromatic rings. The molecule has 0 spiro atoms. The molecule has 0 saturated heterocycles. The third-order valence-corrected chi connectivity index (χ3v) is 4.81. The smallest absolute Gasteiger partial charge is 0.326 e. The van der Waals surface area contributed by atoms with Gasteiger partial charge in [-0.25, -0.2) is 9.78 Å². The number of benzene rings is 1. The van der Waals surface area contributed by atoms with Crippen molar-refractivity contribution in [2.24, 2.45) is 0 Å². The van der Waals surface area contributed by atoms with Gasteiger partial charge in [0.2, 0.25) is 0 Å². The van der Waals surface area contributed by atoms with Gasteiger partial charge in [0.15, 0.2) is 0 Å². The van der Waals surface area contributed by atoms with Gasteiger partial charge in [0.1, 0.15) is 16.6 Å². The van der Waals surface area contributed by atoms with Gasteiger partial charge >= 0.3 is 5.97 Å². The largest absolute Gasteiger partial charge is 0.497 e. The third kappa shape index (κ3) is 2.67. The fraction of sp³-hybridized carbons (Fsp3) is 0.235. The molecule has 0 aliphatic carbocycles. The molecule has 0 aliphatic rings. The Morgan fingerprint density at radius 2 is 2.08 bits per heavy atom. The van der Waals surface area contributed by atoms with E-state index in [0.717, 1.165) is 16.9 Å². The van der Waals surface area contributed by atoms with Gasteiger partial charge in [-0.05, 0) is 24.1 Å². The van der Waals surface area contributed by atoms with Crippen molar-refractivity contribution < 1.29 is 14.6 Å². The van der Waals surface area contributed by atoms with Crippen molar-refractivity contribution in [3.63, 3.8) is 0 Å². The molecule has 7 heteroatoms. The second kappa shape index (κ2) is 6.45. The molecule has 0 saturated carbocycles. The topological polar surface area (TPSA) is 81.4 Å². The van der Waals surface area contributed by atoms with E-state index in [1.54, 1.807) is 14.0 Å². The number of carboxylic acid groups (broad SMARTS) is 1. The van der Waals surface area contributed by atoms with Crippen molar-refractivity contribution in [2.75, 3.05) is 7.11 Å². The Kier molecular flexibility index (Phi) is 4.35. The summed E-state index contributed by atoms with van der Waals surface area (Å²) in [6.45, 7) is 1.73. The molecule has 1 unspecified atom stereocenters. The first-order valence-corrected chi connectivity index (χ1v) is 8.30. The molecule has 3 rings (SSSR count). The van der Waals surface area contributed by atoms with E-state index in [9.17, 15) is 14.7 Å². The number of methoxy groups -OCH3 is 1. The molecule has 2 aromatic heterocycles. The molecule has 1 atom stereocenters. The summed E-state index contributed by atoms with van der Waals surface area (Å²) in [6.07, 6.45) is 1.63. The number of hydrogen-bond acceptors (Lipinski definition) is 5. The maximum absolute atomic E-state index is 12.9. The molecule has 124 valence electrons. The van der Waals surface area contributed by atoms with Gasteiger partial charge in [-0.2, -0.15) is 0 Å². The highest BCUT2D eigenvalue weighted by Gasteiger charge is 2.21. The van der Waals surface area contributed by atoms with Crippen LogP contribution in [0.4, 0.5) is 0 Å². The second-order valence-electron chi connectivity index (χ2n) is 5.28. The molecule has 0 aliphatic heterocycles. The van der Waals surface area contributed by atoms with E-state index < -0.39 is 12.0 Å². The SMILES string of the molecule is CCC(C(=O)O)n1cnc2scc(-c3ccc(OC)cc3)c2c1=O. The molecular formula is C17H16N2O4S.